The van der Waals surface area contributed by atoms with Crippen LogP contribution in [-0.2, 0) is 11.3 Å². The number of ether oxygens (including phenoxy) is 1. The van der Waals surface area contributed by atoms with Crippen LogP contribution in [0.1, 0.15) is 23.7 Å². The van der Waals surface area contributed by atoms with E-state index in [0.717, 1.165) is 30.5 Å². The number of benzene rings is 1. The Labute approximate surface area is 106 Å². The average Bonchev–Trinajstić information content (AvgIpc) is 2.77. The minimum absolute atomic E-state index is 0.317. The summed E-state index contributed by atoms with van der Waals surface area (Å²) in [5.74, 6) is -0.896. The highest BCUT2D eigenvalue weighted by molar-refractivity contribution is 5.93. The summed E-state index contributed by atoms with van der Waals surface area (Å²) >= 11 is 0. The Morgan fingerprint density at radius 2 is 2.17 bits per heavy atom. The van der Waals surface area contributed by atoms with Gasteiger partial charge in [0.15, 0.2) is 0 Å². The lowest BCUT2D eigenvalue weighted by Crippen LogP contribution is -2.06. The van der Waals surface area contributed by atoms with Gasteiger partial charge < -0.3 is 14.4 Å². The zero-order chi connectivity index (χ0) is 13.0. The molecule has 0 unspecified atom stereocenters. The number of aromatic carboxylic acids is 1. The molecule has 18 heavy (non-hydrogen) atoms. The predicted octanol–water partition coefficient (Wildman–Crippen LogP) is 2.77. The fraction of sp³-hybridized carbons (Fsp3) is 0.357. The average molecular weight is 247 g/mol. The van der Waals surface area contributed by atoms with Gasteiger partial charge in [0.2, 0.25) is 0 Å². The number of hydrogen-bond acceptors (Lipinski definition) is 2. The summed E-state index contributed by atoms with van der Waals surface area (Å²) in [5.41, 5.74) is 1.26. The van der Waals surface area contributed by atoms with Crippen molar-refractivity contribution in [2.45, 2.75) is 19.9 Å². The van der Waals surface area contributed by atoms with Crippen LogP contribution in [0.2, 0.25) is 0 Å². The molecule has 1 aromatic heterocycles. The number of hydrogen-bond donors (Lipinski definition) is 1. The van der Waals surface area contributed by atoms with Crippen molar-refractivity contribution >= 4 is 16.9 Å². The first-order chi connectivity index (χ1) is 8.72. The molecule has 0 radical (unpaired) electrons. The van der Waals surface area contributed by atoms with Gasteiger partial charge in [0.1, 0.15) is 0 Å². The monoisotopic (exact) mass is 247 g/mol. The molecule has 96 valence electrons. The summed E-state index contributed by atoms with van der Waals surface area (Å²) in [6, 6.07) is 7.16. The number of rotatable bonds is 6. The molecular formula is C14H17NO3. The molecule has 1 N–H and O–H groups in total. The van der Waals surface area contributed by atoms with Gasteiger partial charge in [0.25, 0.3) is 0 Å². The molecule has 0 amide bonds. The number of carboxylic acids is 1. The van der Waals surface area contributed by atoms with E-state index in [0.29, 0.717) is 12.2 Å². The van der Waals surface area contributed by atoms with Crippen LogP contribution >= 0.6 is 0 Å². The number of aromatic nitrogens is 1. The Kier molecular flexibility index (Phi) is 3.99. The highest BCUT2D eigenvalue weighted by atomic mass is 16.5. The van der Waals surface area contributed by atoms with E-state index >= 15 is 0 Å². The summed E-state index contributed by atoms with van der Waals surface area (Å²) in [6.07, 6.45) is 2.97. The second-order valence-corrected chi connectivity index (χ2v) is 4.20. The van der Waals surface area contributed by atoms with E-state index in [4.69, 9.17) is 9.84 Å². The van der Waals surface area contributed by atoms with E-state index in [1.165, 1.54) is 0 Å². The lowest BCUT2D eigenvalue weighted by atomic mass is 10.2. The molecule has 2 rings (SSSR count). The van der Waals surface area contributed by atoms with Gasteiger partial charge in [-0.1, -0.05) is 13.0 Å². The maximum Gasteiger partial charge on any atom is 0.335 e. The maximum atomic E-state index is 10.9. The molecule has 0 aliphatic heterocycles. The van der Waals surface area contributed by atoms with Crippen molar-refractivity contribution in [2.75, 3.05) is 13.2 Å². The molecule has 0 atom stereocenters. The fourth-order valence-electron chi connectivity index (χ4n) is 1.92. The SMILES string of the molecule is CCCOCCn1ccc2ccc(C(=O)O)cc21. The Hall–Kier alpha value is -1.81. The zero-order valence-electron chi connectivity index (χ0n) is 10.4. The topological polar surface area (TPSA) is 51.5 Å². The third-order valence-corrected chi connectivity index (χ3v) is 2.85. The second kappa shape index (κ2) is 5.69. The molecule has 0 aliphatic rings. The van der Waals surface area contributed by atoms with Crippen LogP contribution in [0, 0.1) is 0 Å². The van der Waals surface area contributed by atoms with Crippen molar-refractivity contribution in [2.24, 2.45) is 0 Å². The summed E-state index contributed by atoms with van der Waals surface area (Å²) in [4.78, 5) is 10.9. The van der Waals surface area contributed by atoms with Crippen LogP contribution in [0.4, 0.5) is 0 Å². The highest BCUT2D eigenvalue weighted by Gasteiger charge is 2.06. The van der Waals surface area contributed by atoms with Crippen LogP contribution in [0.15, 0.2) is 30.5 Å². The minimum Gasteiger partial charge on any atom is -0.478 e. The van der Waals surface area contributed by atoms with Crippen LogP contribution in [0.5, 0.6) is 0 Å². The van der Waals surface area contributed by atoms with E-state index in [9.17, 15) is 4.79 Å². The largest absolute Gasteiger partial charge is 0.478 e. The number of carbonyl (C=O) groups is 1. The van der Waals surface area contributed by atoms with Gasteiger partial charge in [-0.2, -0.15) is 0 Å². The highest BCUT2D eigenvalue weighted by Crippen LogP contribution is 2.17. The predicted molar refractivity (Wildman–Crippen MR) is 70.0 cm³/mol. The van der Waals surface area contributed by atoms with E-state index in [2.05, 4.69) is 6.92 Å². The normalized spacial score (nSPS) is 10.9. The van der Waals surface area contributed by atoms with Gasteiger partial charge in [-0.3, -0.25) is 0 Å². The lowest BCUT2D eigenvalue weighted by Gasteiger charge is -2.06. The molecule has 0 spiro atoms. The first-order valence-electron chi connectivity index (χ1n) is 6.12. The van der Waals surface area contributed by atoms with Crippen molar-refractivity contribution < 1.29 is 14.6 Å². The molecule has 0 aliphatic carbocycles. The number of nitrogens with zero attached hydrogens (tertiary/aromatic N) is 1. The minimum atomic E-state index is -0.896. The summed E-state index contributed by atoms with van der Waals surface area (Å²) in [7, 11) is 0. The first-order valence-corrected chi connectivity index (χ1v) is 6.12. The van der Waals surface area contributed by atoms with Crippen LogP contribution in [0.3, 0.4) is 0 Å². The maximum absolute atomic E-state index is 10.9. The summed E-state index contributed by atoms with van der Waals surface area (Å²) in [5, 5.41) is 10.0. The van der Waals surface area contributed by atoms with Crippen LogP contribution in [-0.4, -0.2) is 28.9 Å². The standard InChI is InChI=1S/C14H17NO3/c1-2-8-18-9-7-15-6-5-11-3-4-12(14(16)17)10-13(11)15/h3-6,10H,2,7-9H2,1H3,(H,16,17). The van der Waals surface area contributed by atoms with Gasteiger partial charge >= 0.3 is 5.97 Å². The fourth-order valence-corrected chi connectivity index (χ4v) is 1.92. The van der Waals surface area contributed by atoms with Crippen molar-refractivity contribution in [3.63, 3.8) is 0 Å². The smallest absolute Gasteiger partial charge is 0.335 e. The molecule has 1 heterocycles. The van der Waals surface area contributed by atoms with Gasteiger partial charge in [-0.15, -0.1) is 0 Å². The van der Waals surface area contributed by atoms with E-state index in [1.807, 2.05) is 22.9 Å². The Balaban J connectivity index is 2.17. The molecule has 0 fully saturated rings. The second-order valence-electron chi connectivity index (χ2n) is 4.20. The van der Waals surface area contributed by atoms with Crippen LogP contribution < -0.4 is 0 Å². The van der Waals surface area contributed by atoms with Gasteiger partial charge in [-0.25, -0.2) is 4.79 Å². The van der Waals surface area contributed by atoms with Gasteiger partial charge in [-0.05, 0) is 30.0 Å². The molecule has 4 nitrogen and oxygen atoms in total. The third kappa shape index (κ3) is 2.71. The summed E-state index contributed by atoms with van der Waals surface area (Å²) in [6.45, 7) is 4.23. The Morgan fingerprint density at radius 1 is 1.33 bits per heavy atom. The Morgan fingerprint density at radius 3 is 2.89 bits per heavy atom. The van der Waals surface area contributed by atoms with E-state index < -0.39 is 5.97 Å². The number of carboxylic acid groups (broad SMARTS) is 1. The van der Waals surface area contributed by atoms with Crippen molar-refractivity contribution in [3.8, 4) is 0 Å². The van der Waals surface area contributed by atoms with E-state index in [-0.39, 0.29) is 0 Å². The molecular weight excluding hydrogens is 230 g/mol. The molecule has 2 aromatic rings. The number of fused-ring (bicyclic) bond motifs is 1. The van der Waals surface area contributed by atoms with Crippen LogP contribution in [0.25, 0.3) is 10.9 Å². The quantitative estimate of drug-likeness (QED) is 0.798. The first kappa shape index (κ1) is 12.6. The zero-order valence-corrected chi connectivity index (χ0v) is 10.4. The molecule has 0 bridgehead atoms. The van der Waals surface area contributed by atoms with E-state index in [1.54, 1.807) is 12.1 Å². The molecule has 0 saturated heterocycles. The van der Waals surface area contributed by atoms with Gasteiger partial charge in [0.05, 0.1) is 12.2 Å². The molecule has 1 aromatic carbocycles. The van der Waals surface area contributed by atoms with Crippen molar-refractivity contribution in [1.29, 1.82) is 0 Å². The summed E-state index contributed by atoms with van der Waals surface area (Å²) < 4.78 is 7.47. The molecule has 4 heteroatoms. The van der Waals surface area contributed by atoms with Crippen molar-refractivity contribution in [1.82, 2.24) is 4.57 Å². The third-order valence-electron chi connectivity index (χ3n) is 2.85. The van der Waals surface area contributed by atoms with Gasteiger partial charge in [0, 0.05) is 24.9 Å². The van der Waals surface area contributed by atoms with Crippen molar-refractivity contribution in [3.05, 3.63) is 36.0 Å². The lowest BCUT2D eigenvalue weighted by molar-refractivity contribution is 0.0697. The molecule has 0 saturated carbocycles. The Bertz CT molecular complexity index is 545.